The highest BCUT2D eigenvalue weighted by atomic mass is 32.2. The molecule has 0 saturated carbocycles. The first kappa shape index (κ1) is 11.1. The highest BCUT2D eigenvalue weighted by Gasteiger charge is 2.08. The Morgan fingerprint density at radius 2 is 2.00 bits per heavy atom. The number of hydrogen-bond acceptors (Lipinski definition) is 3. The van der Waals surface area contributed by atoms with Gasteiger partial charge in [0.15, 0.2) is 0 Å². The van der Waals surface area contributed by atoms with Gasteiger partial charge in [-0.3, -0.25) is 0 Å². The second-order valence-corrected chi connectivity index (χ2v) is 4.64. The molecule has 0 aliphatic heterocycles. The number of nitrogens with zero attached hydrogens (tertiary/aromatic N) is 2. The maximum atomic E-state index is 5.96. The minimum atomic E-state index is 0.679. The molecule has 2 rings (SSSR count). The quantitative estimate of drug-likeness (QED) is 0.811. The third-order valence-corrected chi connectivity index (χ3v) is 3.13. The number of aryl methyl sites for hydroxylation is 2. The molecule has 0 bridgehead atoms. The van der Waals surface area contributed by atoms with E-state index < -0.39 is 0 Å². The molecule has 0 saturated heterocycles. The molecule has 4 heteroatoms. The van der Waals surface area contributed by atoms with E-state index in [4.69, 9.17) is 5.73 Å². The smallest absolute Gasteiger partial charge is 0.128 e. The number of hydrogen-bond donors (Lipinski definition) is 1. The standard InChI is InChI=1S/C12H15N3S/c1-8-4-5-9(2)10(6-8)15-11(13)7-12(14-15)16-3/h4-7H,13H2,1-3H3. The molecule has 0 aliphatic carbocycles. The van der Waals surface area contributed by atoms with Crippen LogP contribution in [0.5, 0.6) is 0 Å². The van der Waals surface area contributed by atoms with Crippen LogP contribution in [-0.4, -0.2) is 16.0 Å². The zero-order valence-corrected chi connectivity index (χ0v) is 10.5. The van der Waals surface area contributed by atoms with Crippen molar-refractivity contribution in [2.75, 3.05) is 12.0 Å². The first-order valence-electron chi connectivity index (χ1n) is 5.09. The number of thioether (sulfide) groups is 1. The Balaban J connectivity index is 2.57. The predicted octanol–water partition coefficient (Wildman–Crippen LogP) is 2.79. The summed E-state index contributed by atoms with van der Waals surface area (Å²) in [6, 6.07) is 8.17. The maximum Gasteiger partial charge on any atom is 0.128 e. The summed E-state index contributed by atoms with van der Waals surface area (Å²) in [7, 11) is 0. The van der Waals surface area contributed by atoms with Crippen LogP contribution < -0.4 is 5.73 Å². The van der Waals surface area contributed by atoms with E-state index >= 15 is 0 Å². The Bertz CT molecular complexity index is 517. The Hall–Kier alpha value is -1.42. The summed E-state index contributed by atoms with van der Waals surface area (Å²) in [5, 5.41) is 5.40. The summed E-state index contributed by atoms with van der Waals surface area (Å²) in [6.07, 6.45) is 2.00. The van der Waals surface area contributed by atoms with E-state index in [2.05, 4.69) is 37.1 Å². The Kier molecular flexibility index (Phi) is 2.92. The minimum Gasteiger partial charge on any atom is -0.384 e. The molecule has 0 spiro atoms. The average molecular weight is 233 g/mol. The van der Waals surface area contributed by atoms with Gasteiger partial charge in [-0.15, -0.1) is 11.8 Å². The molecule has 0 atom stereocenters. The number of benzene rings is 1. The molecule has 2 aromatic rings. The number of nitrogen functional groups attached to an aromatic ring is 1. The van der Waals surface area contributed by atoms with Crippen molar-refractivity contribution in [1.29, 1.82) is 0 Å². The molecule has 84 valence electrons. The summed E-state index contributed by atoms with van der Waals surface area (Å²) in [4.78, 5) is 0. The largest absolute Gasteiger partial charge is 0.384 e. The van der Waals surface area contributed by atoms with Crippen molar-refractivity contribution in [2.45, 2.75) is 18.9 Å². The highest BCUT2D eigenvalue weighted by molar-refractivity contribution is 7.98. The van der Waals surface area contributed by atoms with Gasteiger partial charge in [0.2, 0.25) is 0 Å². The van der Waals surface area contributed by atoms with Crippen LogP contribution in [0.3, 0.4) is 0 Å². The van der Waals surface area contributed by atoms with E-state index in [9.17, 15) is 0 Å². The van der Waals surface area contributed by atoms with Gasteiger partial charge in [0.25, 0.3) is 0 Å². The number of rotatable bonds is 2. The minimum absolute atomic E-state index is 0.679. The lowest BCUT2D eigenvalue weighted by molar-refractivity contribution is 0.839. The molecule has 0 aliphatic rings. The third kappa shape index (κ3) is 1.93. The van der Waals surface area contributed by atoms with Gasteiger partial charge < -0.3 is 5.73 Å². The van der Waals surface area contributed by atoms with Gasteiger partial charge >= 0.3 is 0 Å². The van der Waals surface area contributed by atoms with E-state index in [0.717, 1.165) is 10.7 Å². The fraction of sp³-hybridized carbons (Fsp3) is 0.250. The van der Waals surface area contributed by atoms with Crippen molar-refractivity contribution < 1.29 is 0 Å². The maximum absolute atomic E-state index is 5.96. The summed E-state index contributed by atoms with van der Waals surface area (Å²) in [5.41, 5.74) is 9.39. The topological polar surface area (TPSA) is 43.8 Å². The van der Waals surface area contributed by atoms with Crippen LogP contribution in [0.25, 0.3) is 5.69 Å². The fourth-order valence-corrected chi connectivity index (χ4v) is 2.02. The van der Waals surface area contributed by atoms with Crippen molar-refractivity contribution in [3.63, 3.8) is 0 Å². The van der Waals surface area contributed by atoms with Crippen LogP contribution in [0.4, 0.5) is 5.82 Å². The molecule has 1 aromatic heterocycles. The first-order valence-corrected chi connectivity index (χ1v) is 6.31. The SMILES string of the molecule is CSc1cc(N)n(-c2cc(C)ccc2C)n1. The van der Waals surface area contributed by atoms with Crippen LogP contribution >= 0.6 is 11.8 Å². The van der Waals surface area contributed by atoms with E-state index in [0.29, 0.717) is 5.82 Å². The van der Waals surface area contributed by atoms with E-state index in [1.54, 1.807) is 16.4 Å². The molecule has 2 N–H and O–H groups in total. The van der Waals surface area contributed by atoms with Gasteiger partial charge in [-0.2, -0.15) is 5.10 Å². The van der Waals surface area contributed by atoms with Crippen LogP contribution in [0.1, 0.15) is 11.1 Å². The average Bonchev–Trinajstić information content (AvgIpc) is 2.63. The monoisotopic (exact) mass is 233 g/mol. The molecule has 1 heterocycles. The van der Waals surface area contributed by atoms with Crippen molar-refractivity contribution in [3.05, 3.63) is 35.4 Å². The lowest BCUT2D eigenvalue weighted by Crippen LogP contribution is -2.03. The molecular formula is C12H15N3S. The molecule has 3 nitrogen and oxygen atoms in total. The van der Waals surface area contributed by atoms with Crippen LogP contribution in [0.2, 0.25) is 0 Å². The summed E-state index contributed by atoms with van der Waals surface area (Å²) >= 11 is 1.60. The lowest BCUT2D eigenvalue weighted by atomic mass is 10.1. The van der Waals surface area contributed by atoms with Crippen molar-refractivity contribution in [1.82, 2.24) is 9.78 Å². The highest BCUT2D eigenvalue weighted by Crippen LogP contribution is 2.22. The van der Waals surface area contributed by atoms with Gasteiger partial charge in [0.1, 0.15) is 10.8 Å². The van der Waals surface area contributed by atoms with Crippen LogP contribution in [-0.2, 0) is 0 Å². The zero-order valence-electron chi connectivity index (χ0n) is 9.69. The summed E-state index contributed by atoms with van der Waals surface area (Å²) in [5.74, 6) is 0.679. The Morgan fingerprint density at radius 3 is 2.62 bits per heavy atom. The Labute approximate surface area is 99.7 Å². The summed E-state index contributed by atoms with van der Waals surface area (Å²) in [6.45, 7) is 4.13. The van der Waals surface area contributed by atoms with Crippen molar-refractivity contribution >= 4 is 17.6 Å². The van der Waals surface area contributed by atoms with Gasteiger partial charge in [-0.1, -0.05) is 12.1 Å². The Morgan fingerprint density at radius 1 is 1.25 bits per heavy atom. The van der Waals surface area contributed by atoms with Gasteiger partial charge in [0, 0.05) is 6.07 Å². The first-order chi connectivity index (χ1) is 7.61. The zero-order chi connectivity index (χ0) is 11.7. The molecule has 1 aromatic carbocycles. The van der Waals surface area contributed by atoms with E-state index in [-0.39, 0.29) is 0 Å². The van der Waals surface area contributed by atoms with E-state index in [1.807, 2.05) is 12.3 Å². The molecule has 0 fully saturated rings. The van der Waals surface area contributed by atoms with Gasteiger partial charge in [-0.05, 0) is 37.3 Å². The molecular weight excluding hydrogens is 218 g/mol. The van der Waals surface area contributed by atoms with Gasteiger partial charge in [-0.25, -0.2) is 4.68 Å². The molecule has 0 amide bonds. The molecule has 0 radical (unpaired) electrons. The number of anilines is 1. The fourth-order valence-electron chi connectivity index (χ4n) is 1.61. The number of nitrogens with two attached hydrogens (primary N) is 1. The molecule has 0 unspecified atom stereocenters. The third-order valence-electron chi connectivity index (χ3n) is 2.52. The van der Waals surface area contributed by atoms with E-state index in [1.165, 1.54) is 11.1 Å². The van der Waals surface area contributed by atoms with Gasteiger partial charge in [0.05, 0.1) is 5.69 Å². The van der Waals surface area contributed by atoms with Crippen LogP contribution in [0, 0.1) is 13.8 Å². The van der Waals surface area contributed by atoms with Crippen LogP contribution in [0.15, 0.2) is 29.3 Å². The van der Waals surface area contributed by atoms with Crippen molar-refractivity contribution in [2.24, 2.45) is 0 Å². The van der Waals surface area contributed by atoms with Crippen molar-refractivity contribution in [3.8, 4) is 5.69 Å². The number of aromatic nitrogens is 2. The normalized spacial score (nSPS) is 10.7. The summed E-state index contributed by atoms with van der Waals surface area (Å²) < 4.78 is 1.80. The predicted molar refractivity (Wildman–Crippen MR) is 69.2 cm³/mol. The second-order valence-electron chi connectivity index (χ2n) is 3.81. The molecule has 16 heavy (non-hydrogen) atoms. The second kappa shape index (κ2) is 4.22. The lowest BCUT2D eigenvalue weighted by Gasteiger charge is -2.08.